The van der Waals surface area contributed by atoms with Gasteiger partial charge < -0.3 is 10.5 Å². The summed E-state index contributed by atoms with van der Waals surface area (Å²) in [5.74, 6) is 5.85. The van der Waals surface area contributed by atoms with E-state index in [0.29, 0.717) is 10.5 Å². The van der Waals surface area contributed by atoms with E-state index in [1.54, 1.807) is 24.3 Å². The van der Waals surface area contributed by atoms with Crippen LogP contribution >= 0.6 is 0 Å². The van der Waals surface area contributed by atoms with E-state index < -0.39 is 15.9 Å². The lowest BCUT2D eigenvalue weighted by Crippen LogP contribution is -2.18. The van der Waals surface area contributed by atoms with E-state index in [2.05, 4.69) is 16.6 Å². The highest BCUT2D eigenvalue weighted by atomic mass is 32.2. The first kappa shape index (κ1) is 17.4. The third-order valence-electron chi connectivity index (χ3n) is 3.89. The summed E-state index contributed by atoms with van der Waals surface area (Å²) in [7, 11) is -3.30. The average Bonchev–Trinajstić information content (AvgIpc) is 2.52. The number of carbonyl (C=O) groups excluding carboxylic acids is 1. The minimum atomic E-state index is -3.30. The largest absolute Gasteiger partial charge is 0.437 e. The van der Waals surface area contributed by atoms with Crippen LogP contribution in [0.2, 0.25) is 0 Å². The molecule has 0 spiro atoms. The molecule has 1 fully saturated rings. The highest BCUT2D eigenvalue weighted by Crippen LogP contribution is 2.27. The van der Waals surface area contributed by atoms with Gasteiger partial charge in [-0.1, -0.05) is 37.2 Å². The maximum atomic E-state index is 12.5. The lowest BCUT2D eigenvalue weighted by molar-refractivity contribution is 0.171. The van der Waals surface area contributed by atoms with Crippen molar-refractivity contribution >= 4 is 15.9 Å². The lowest BCUT2D eigenvalue weighted by atomic mass is 9.91. The normalized spacial score (nSPS) is 15.5. The van der Waals surface area contributed by atoms with E-state index in [0.717, 1.165) is 25.7 Å². The van der Waals surface area contributed by atoms with E-state index in [-0.39, 0.29) is 18.3 Å². The summed E-state index contributed by atoms with van der Waals surface area (Å²) < 4.78 is 29.6. The van der Waals surface area contributed by atoms with Crippen LogP contribution in [-0.4, -0.2) is 26.9 Å². The summed E-state index contributed by atoms with van der Waals surface area (Å²) in [6.45, 7) is -0.117. The van der Waals surface area contributed by atoms with Crippen molar-refractivity contribution in [2.45, 2.75) is 37.0 Å². The molecule has 0 aromatic heterocycles. The molecule has 2 rings (SSSR count). The number of rotatable bonds is 4. The fraction of sp³-hybridized carbons (Fsp3) is 0.471. The number of amides is 1. The monoisotopic (exact) mass is 335 g/mol. The second-order valence-electron chi connectivity index (χ2n) is 5.72. The number of sulfone groups is 1. The molecular weight excluding hydrogens is 314 g/mol. The maximum Gasteiger partial charge on any atom is 0.405 e. The molecule has 0 bridgehead atoms. The van der Waals surface area contributed by atoms with E-state index in [1.807, 2.05) is 0 Å². The van der Waals surface area contributed by atoms with Gasteiger partial charge in [0, 0.05) is 5.56 Å². The average molecular weight is 335 g/mol. The quantitative estimate of drug-likeness (QED) is 0.857. The van der Waals surface area contributed by atoms with Crippen molar-refractivity contribution in [2.75, 3.05) is 12.4 Å². The van der Waals surface area contributed by atoms with Gasteiger partial charge in [0.05, 0.1) is 10.6 Å². The number of benzene rings is 1. The molecule has 0 heterocycles. The Bertz CT molecular complexity index is 710. The zero-order valence-electron chi connectivity index (χ0n) is 13.0. The standard InChI is InChI=1S/C17H21NO4S/c18-17(19)22-11-5-9-14-8-4-10-16(12-14)23(20,21)13-15-6-2-1-3-7-15/h4,8,10,12,15H,1-3,6-7,11,13H2,(H2,18,19). The Morgan fingerprint density at radius 2 is 2.00 bits per heavy atom. The van der Waals surface area contributed by atoms with Crippen LogP contribution in [0.15, 0.2) is 29.2 Å². The highest BCUT2D eigenvalue weighted by Gasteiger charge is 2.23. The molecule has 0 radical (unpaired) electrons. The molecule has 1 aromatic rings. The predicted octanol–water partition coefficient (Wildman–Crippen LogP) is 2.49. The van der Waals surface area contributed by atoms with E-state index >= 15 is 0 Å². The second kappa shape index (κ2) is 8.02. The van der Waals surface area contributed by atoms with Crippen molar-refractivity contribution in [3.05, 3.63) is 29.8 Å². The molecule has 1 amide bonds. The molecule has 23 heavy (non-hydrogen) atoms. The molecule has 1 aliphatic rings. The zero-order valence-corrected chi connectivity index (χ0v) is 13.8. The molecule has 0 atom stereocenters. The minimum absolute atomic E-state index is 0.117. The Morgan fingerprint density at radius 1 is 1.26 bits per heavy atom. The van der Waals surface area contributed by atoms with E-state index in [1.165, 1.54) is 6.42 Å². The molecule has 2 N–H and O–H groups in total. The summed E-state index contributed by atoms with van der Waals surface area (Å²) in [6.07, 6.45) is 4.53. The van der Waals surface area contributed by atoms with Crippen LogP contribution in [0.1, 0.15) is 37.7 Å². The first-order valence-corrected chi connectivity index (χ1v) is 9.36. The van der Waals surface area contributed by atoms with Gasteiger partial charge in [0.25, 0.3) is 0 Å². The number of nitrogens with two attached hydrogens (primary N) is 1. The molecular formula is C17H21NO4S. The topological polar surface area (TPSA) is 86.5 Å². The summed E-state index contributed by atoms with van der Waals surface area (Å²) in [6, 6.07) is 6.56. The van der Waals surface area contributed by atoms with Crippen molar-refractivity contribution in [3.63, 3.8) is 0 Å². The third-order valence-corrected chi connectivity index (χ3v) is 5.77. The summed E-state index contributed by atoms with van der Waals surface area (Å²) in [4.78, 5) is 10.7. The van der Waals surface area contributed by atoms with Crippen LogP contribution in [0.25, 0.3) is 0 Å². The van der Waals surface area contributed by atoms with Gasteiger partial charge in [-0.25, -0.2) is 13.2 Å². The van der Waals surface area contributed by atoms with Crippen LogP contribution in [0.5, 0.6) is 0 Å². The smallest absolute Gasteiger partial charge is 0.405 e. The van der Waals surface area contributed by atoms with Crippen molar-refractivity contribution < 1.29 is 17.9 Å². The molecule has 124 valence electrons. The third kappa shape index (κ3) is 5.61. The minimum Gasteiger partial charge on any atom is -0.437 e. The van der Waals surface area contributed by atoms with Gasteiger partial charge in [-0.15, -0.1) is 0 Å². The first-order valence-electron chi connectivity index (χ1n) is 7.71. The fourth-order valence-electron chi connectivity index (χ4n) is 2.77. The molecule has 1 aliphatic carbocycles. The molecule has 0 unspecified atom stereocenters. The number of hydrogen-bond acceptors (Lipinski definition) is 4. The first-order chi connectivity index (χ1) is 11.0. The number of ether oxygens (including phenoxy) is 1. The van der Waals surface area contributed by atoms with Crippen LogP contribution in [0, 0.1) is 17.8 Å². The predicted molar refractivity (Wildman–Crippen MR) is 87.5 cm³/mol. The fourth-order valence-corrected chi connectivity index (χ4v) is 4.51. The van der Waals surface area contributed by atoms with Gasteiger partial charge in [-0.3, -0.25) is 0 Å². The lowest BCUT2D eigenvalue weighted by Gasteiger charge is -2.21. The van der Waals surface area contributed by atoms with Crippen LogP contribution in [-0.2, 0) is 14.6 Å². The number of hydrogen-bond donors (Lipinski definition) is 1. The van der Waals surface area contributed by atoms with Crippen LogP contribution in [0.4, 0.5) is 4.79 Å². The van der Waals surface area contributed by atoms with Gasteiger partial charge in [0.2, 0.25) is 0 Å². The molecule has 5 nitrogen and oxygen atoms in total. The molecule has 1 saturated carbocycles. The SMILES string of the molecule is NC(=O)OCC#Cc1cccc(S(=O)(=O)CC2CCCCC2)c1. The van der Waals surface area contributed by atoms with Crippen molar-refractivity contribution in [2.24, 2.45) is 11.7 Å². The van der Waals surface area contributed by atoms with E-state index in [9.17, 15) is 13.2 Å². The highest BCUT2D eigenvalue weighted by molar-refractivity contribution is 7.91. The Morgan fingerprint density at radius 3 is 2.70 bits per heavy atom. The second-order valence-corrected chi connectivity index (χ2v) is 7.76. The molecule has 0 aliphatic heterocycles. The maximum absolute atomic E-state index is 12.5. The van der Waals surface area contributed by atoms with Gasteiger partial charge >= 0.3 is 6.09 Å². The molecule has 0 saturated heterocycles. The van der Waals surface area contributed by atoms with Crippen molar-refractivity contribution in [1.82, 2.24) is 0 Å². The Balaban J connectivity index is 2.06. The van der Waals surface area contributed by atoms with Crippen molar-refractivity contribution in [1.29, 1.82) is 0 Å². The van der Waals surface area contributed by atoms with Crippen molar-refractivity contribution in [3.8, 4) is 11.8 Å². The van der Waals surface area contributed by atoms with Gasteiger partial charge in [0.1, 0.15) is 0 Å². The Kier molecular flexibility index (Phi) is 6.05. The summed E-state index contributed by atoms with van der Waals surface area (Å²) in [5, 5.41) is 0. The summed E-state index contributed by atoms with van der Waals surface area (Å²) >= 11 is 0. The van der Waals surface area contributed by atoms with Crippen LogP contribution < -0.4 is 5.73 Å². The summed E-state index contributed by atoms with van der Waals surface area (Å²) in [5.41, 5.74) is 5.41. The molecule has 6 heteroatoms. The Hall–Kier alpha value is -2.00. The van der Waals surface area contributed by atoms with Crippen LogP contribution in [0.3, 0.4) is 0 Å². The number of carbonyl (C=O) groups is 1. The zero-order chi connectivity index (χ0) is 16.7. The van der Waals surface area contributed by atoms with Gasteiger partial charge in [0.15, 0.2) is 16.4 Å². The number of primary amides is 1. The van der Waals surface area contributed by atoms with Gasteiger partial charge in [-0.05, 0) is 37.0 Å². The van der Waals surface area contributed by atoms with Gasteiger partial charge in [-0.2, -0.15) is 0 Å². The Labute approximate surface area is 137 Å². The molecule has 1 aromatic carbocycles. The van der Waals surface area contributed by atoms with E-state index in [4.69, 9.17) is 5.73 Å².